The fraction of sp³-hybridized carbons (Fsp3) is 0.208. The molecule has 0 spiro atoms. The Morgan fingerprint density at radius 1 is 0.731 bits per heavy atom. The van der Waals surface area contributed by atoms with Gasteiger partial charge in [0.15, 0.2) is 5.78 Å². The maximum absolute atomic E-state index is 13.4. The molecule has 2 heteroatoms. The van der Waals surface area contributed by atoms with Crippen LogP contribution in [0.5, 0.6) is 0 Å². The Morgan fingerprint density at radius 3 is 1.77 bits per heavy atom. The number of benzene rings is 3. The number of carbonyl (C=O) groups excluding carboxylic acids is 1. The third-order valence-electron chi connectivity index (χ3n) is 4.79. The van der Waals surface area contributed by atoms with Crippen molar-refractivity contribution in [2.75, 3.05) is 14.1 Å². The van der Waals surface area contributed by atoms with Crippen LogP contribution in [-0.4, -0.2) is 30.8 Å². The molecule has 2 unspecified atom stereocenters. The lowest BCUT2D eigenvalue weighted by molar-refractivity contribution is 0.0859. The van der Waals surface area contributed by atoms with Crippen molar-refractivity contribution in [2.24, 2.45) is 0 Å². The van der Waals surface area contributed by atoms with E-state index in [1.54, 1.807) is 0 Å². The summed E-state index contributed by atoms with van der Waals surface area (Å²) >= 11 is 0. The molecule has 2 atom stereocenters. The second-order valence-corrected chi connectivity index (χ2v) is 6.94. The van der Waals surface area contributed by atoms with Gasteiger partial charge in [-0.2, -0.15) is 0 Å². The van der Waals surface area contributed by atoms with Crippen LogP contribution in [0.25, 0.3) is 0 Å². The van der Waals surface area contributed by atoms with Crippen LogP contribution in [0, 0.1) is 6.92 Å². The average Bonchev–Trinajstić information content (AvgIpc) is 2.67. The molecule has 26 heavy (non-hydrogen) atoms. The van der Waals surface area contributed by atoms with Gasteiger partial charge in [0.2, 0.25) is 0 Å². The van der Waals surface area contributed by atoms with Gasteiger partial charge in [0, 0.05) is 11.5 Å². The molecule has 0 aliphatic rings. The first-order valence-corrected chi connectivity index (χ1v) is 8.95. The molecule has 0 saturated heterocycles. The lowest BCUT2D eigenvalue weighted by Crippen LogP contribution is -2.41. The topological polar surface area (TPSA) is 20.3 Å². The summed E-state index contributed by atoms with van der Waals surface area (Å²) in [6.45, 7) is 2.08. The Hall–Kier alpha value is -2.71. The van der Waals surface area contributed by atoms with E-state index in [4.69, 9.17) is 0 Å². The van der Waals surface area contributed by atoms with E-state index in [0.29, 0.717) is 0 Å². The van der Waals surface area contributed by atoms with Crippen LogP contribution in [0.1, 0.15) is 33.0 Å². The van der Waals surface area contributed by atoms with Crippen LogP contribution in [0.4, 0.5) is 0 Å². The van der Waals surface area contributed by atoms with Crippen LogP contribution in [0.15, 0.2) is 84.9 Å². The number of hydrogen-bond donors (Lipinski definition) is 0. The van der Waals surface area contributed by atoms with E-state index < -0.39 is 0 Å². The minimum atomic E-state index is -0.275. The molecule has 0 aliphatic carbocycles. The molecule has 3 rings (SSSR count). The molecule has 0 amide bonds. The number of nitrogens with zero attached hydrogens (tertiary/aromatic N) is 1. The second kappa shape index (κ2) is 8.11. The number of aryl methyl sites for hydroxylation is 1. The maximum Gasteiger partial charge on any atom is 0.180 e. The van der Waals surface area contributed by atoms with Gasteiger partial charge in [-0.05, 0) is 32.1 Å². The van der Waals surface area contributed by atoms with Crippen molar-refractivity contribution < 1.29 is 4.79 Å². The highest BCUT2D eigenvalue weighted by molar-refractivity contribution is 6.01. The molecule has 0 N–H and O–H groups in total. The summed E-state index contributed by atoms with van der Waals surface area (Å²) in [5, 5.41) is 0. The van der Waals surface area contributed by atoms with Crippen LogP contribution < -0.4 is 0 Å². The maximum atomic E-state index is 13.4. The Bertz CT molecular complexity index is 838. The molecule has 0 aliphatic heterocycles. The highest BCUT2D eigenvalue weighted by Crippen LogP contribution is 2.32. The first kappa shape index (κ1) is 18.1. The summed E-state index contributed by atoms with van der Waals surface area (Å²) in [5.74, 6) is 0.115. The van der Waals surface area contributed by atoms with E-state index in [0.717, 1.165) is 16.7 Å². The number of ketones is 1. The van der Waals surface area contributed by atoms with Gasteiger partial charge in [0.25, 0.3) is 0 Å². The monoisotopic (exact) mass is 343 g/mol. The molecule has 0 bridgehead atoms. The largest absolute Gasteiger partial charge is 0.299 e. The van der Waals surface area contributed by atoms with Crippen LogP contribution >= 0.6 is 0 Å². The number of rotatable bonds is 6. The summed E-state index contributed by atoms with van der Waals surface area (Å²) in [6.07, 6.45) is 0. The van der Waals surface area contributed by atoms with Crippen LogP contribution in [0.3, 0.4) is 0 Å². The van der Waals surface area contributed by atoms with E-state index in [1.807, 2.05) is 67.5 Å². The smallest absolute Gasteiger partial charge is 0.180 e. The predicted molar refractivity (Wildman–Crippen MR) is 108 cm³/mol. The van der Waals surface area contributed by atoms with Crippen molar-refractivity contribution in [1.82, 2.24) is 4.90 Å². The van der Waals surface area contributed by atoms with E-state index in [2.05, 4.69) is 43.3 Å². The standard InChI is InChI=1S/C24H25NO/c1-18-14-16-20(17-15-18)22(19-10-6-4-7-11-19)23(25(2)3)24(26)21-12-8-5-9-13-21/h4-17,22-23H,1-3H3. The highest BCUT2D eigenvalue weighted by Gasteiger charge is 2.33. The summed E-state index contributed by atoms with van der Waals surface area (Å²) in [6, 6.07) is 28.1. The van der Waals surface area contributed by atoms with Gasteiger partial charge in [-0.3, -0.25) is 9.69 Å². The molecule has 0 radical (unpaired) electrons. The highest BCUT2D eigenvalue weighted by atomic mass is 16.1. The molecular weight excluding hydrogens is 318 g/mol. The van der Waals surface area contributed by atoms with Gasteiger partial charge in [-0.1, -0.05) is 90.5 Å². The molecule has 0 heterocycles. The zero-order chi connectivity index (χ0) is 18.5. The molecule has 3 aromatic carbocycles. The molecule has 0 saturated carbocycles. The minimum Gasteiger partial charge on any atom is -0.299 e. The quantitative estimate of drug-likeness (QED) is 0.591. The van der Waals surface area contributed by atoms with Crippen LogP contribution in [0.2, 0.25) is 0 Å². The molecule has 132 valence electrons. The van der Waals surface area contributed by atoms with Gasteiger partial charge in [-0.15, -0.1) is 0 Å². The predicted octanol–water partition coefficient (Wildman–Crippen LogP) is 4.94. The molecule has 0 fully saturated rings. The fourth-order valence-electron chi connectivity index (χ4n) is 3.45. The zero-order valence-corrected chi connectivity index (χ0v) is 15.6. The Morgan fingerprint density at radius 2 is 1.23 bits per heavy atom. The van der Waals surface area contributed by atoms with Crippen molar-refractivity contribution in [3.63, 3.8) is 0 Å². The van der Waals surface area contributed by atoms with Gasteiger partial charge in [0.05, 0.1) is 6.04 Å². The molecule has 0 aromatic heterocycles. The number of hydrogen-bond acceptors (Lipinski definition) is 2. The van der Waals surface area contributed by atoms with Gasteiger partial charge in [0.1, 0.15) is 0 Å². The van der Waals surface area contributed by atoms with Crippen molar-refractivity contribution in [3.05, 3.63) is 107 Å². The third kappa shape index (κ3) is 3.92. The van der Waals surface area contributed by atoms with E-state index in [-0.39, 0.29) is 17.7 Å². The zero-order valence-electron chi connectivity index (χ0n) is 15.6. The first-order valence-electron chi connectivity index (χ1n) is 8.95. The second-order valence-electron chi connectivity index (χ2n) is 6.94. The van der Waals surface area contributed by atoms with Gasteiger partial charge in [-0.25, -0.2) is 0 Å². The normalized spacial score (nSPS) is 13.4. The lowest BCUT2D eigenvalue weighted by atomic mass is 9.81. The minimum absolute atomic E-state index is 0.0282. The third-order valence-corrected chi connectivity index (χ3v) is 4.79. The number of carbonyl (C=O) groups is 1. The van der Waals surface area contributed by atoms with Gasteiger partial charge < -0.3 is 0 Å². The van der Waals surface area contributed by atoms with E-state index in [1.165, 1.54) is 5.56 Å². The van der Waals surface area contributed by atoms with E-state index >= 15 is 0 Å². The molecule has 3 aromatic rings. The van der Waals surface area contributed by atoms with Gasteiger partial charge >= 0.3 is 0 Å². The van der Waals surface area contributed by atoms with Crippen molar-refractivity contribution in [1.29, 1.82) is 0 Å². The SMILES string of the molecule is Cc1ccc(C(c2ccccc2)C(C(=O)c2ccccc2)N(C)C)cc1. The summed E-state index contributed by atoms with van der Waals surface area (Å²) in [4.78, 5) is 15.4. The van der Waals surface area contributed by atoms with Crippen molar-refractivity contribution in [2.45, 2.75) is 18.9 Å². The molecule has 2 nitrogen and oxygen atoms in total. The van der Waals surface area contributed by atoms with E-state index in [9.17, 15) is 4.79 Å². The lowest BCUT2D eigenvalue weighted by Gasteiger charge is -2.32. The number of Topliss-reactive ketones (excluding diaryl/α,β-unsaturated/α-hetero) is 1. The summed E-state index contributed by atoms with van der Waals surface area (Å²) < 4.78 is 0. The summed E-state index contributed by atoms with van der Waals surface area (Å²) in [5.41, 5.74) is 4.28. The van der Waals surface area contributed by atoms with Crippen molar-refractivity contribution in [3.8, 4) is 0 Å². The first-order chi connectivity index (χ1) is 12.6. The summed E-state index contributed by atoms with van der Waals surface area (Å²) in [7, 11) is 3.96. The Balaban J connectivity index is 2.11. The molecular formula is C24H25NO. The van der Waals surface area contributed by atoms with Crippen molar-refractivity contribution >= 4 is 5.78 Å². The number of likely N-dealkylation sites (N-methyl/N-ethyl adjacent to an activating group) is 1. The van der Waals surface area contributed by atoms with Crippen LogP contribution in [-0.2, 0) is 0 Å². The Labute approximate surface area is 156 Å². The average molecular weight is 343 g/mol. The Kier molecular flexibility index (Phi) is 5.65. The fourth-order valence-corrected chi connectivity index (χ4v) is 3.45.